The molecule has 2 aromatic carbocycles. The van der Waals surface area contributed by atoms with Crippen LogP contribution in [0.3, 0.4) is 0 Å². The van der Waals surface area contributed by atoms with E-state index in [0.717, 1.165) is 10.9 Å². The van der Waals surface area contributed by atoms with Gasteiger partial charge in [-0.25, -0.2) is 4.98 Å². The Kier molecular flexibility index (Phi) is 4.87. The minimum Gasteiger partial charge on any atom is -0.349 e. The van der Waals surface area contributed by atoms with Crippen LogP contribution in [-0.2, 0) is 0 Å². The SMILES string of the molecule is CN(C)[C@@H](CNC(=O)c1ccc2ccccc2n1)c1ccccc1. The fourth-order valence-corrected chi connectivity index (χ4v) is 2.75. The van der Waals surface area contributed by atoms with Crippen LogP contribution in [0, 0.1) is 0 Å². The highest BCUT2D eigenvalue weighted by Crippen LogP contribution is 2.17. The van der Waals surface area contributed by atoms with Gasteiger partial charge in [0.25, 0.3) is 5.91 Å². The highest BCUT2D eigenvalue weighted by Gasteiger charge is 2.16. The molecule has 4 heteroatoms. The summed E-state index contributed by atoms with van der Waals surface area (Å²) >= 11 is 0. The van der Waals surface area contributed by atoms with Crippen molar-refractivity contribution in [1.82, 2.24) is 15.2 Å². The zero-order valence-electron chi connectivity index (χ0n) is 13.9. The van der Waals surface area contributed by atoms with E-state index in [4.69, 9.17) is 0 Å². The average Bonchev–Trinajstić information content (AvgIpc) is 2.62. The zero-order chi connectivity index (χ0) is 16.9. The maximum atomic E-state index is 12.5. The van der Waals surface area contributed by atoms with Crippen molar-refractivity contribution < 1.29 is 4.79 Å². The van der Waals surface area contributed by atoms with Crippen molar-refractivity contribution in [1.29, 1.82) is 0 Å². The number of carbonyl (C=O) groups is 1. The Balaban J connectivity index is 1.73. The van der Waals surface area contributed by atoms with E-state index in [-0.39, 0.29) is 11.9 Å². The number of likely N-dealkylation sites (N-methyl/N-ethyl adjacent to an activating group) is 1. The summed E-state index contributed by atoms with van der Waals surface area (Å²) in [5.74, 6) is -0.150. The van der Waals surface area contributed by atoms with Gasteiger partial charge in [-0.3, -0.25) is 4.79 Å². The molecule has 0 unspecified atom stereocenters. The van der Waals surface area contributed by atoms with Crippen molar-refractivity contribution in [2.24, 2.45) is 0 Å². The second-order valence-corrected chi connectivity index (χ2v) is 5.99. The van der Waals surface area contributed by atoms with E-state index in [1.807, 2.05) is 62.6 Å². The molecule has 1 heterocycles. The van der Waals surface area contributed by atoms with Gasteiger partial charge in [-0.1, -0.05) is 54.6 Å². The van der Waals surface area contributed by atoms with Gasteiger partial charge in [-0.05, 0) is 31.8 Å². The topological polar surface area (TPSA) is 45.2 Å². The summed E-state index contributed by atoms with van der Waals surface area (Å²) in [7, 11) is 4.02. The van der Waals surface area contributed by atoms with Crippen LogP contribution in [0.25, 0.3) is 10.9 Å². The van der Waals surface area contributed by atoms with Crippen molar-refractivity contribution in [3.8, 4) is 0 Å². The summed E-state index contributed by atoms with van der Waals surface area (Å²) in [5.41, 5.74) is 2.45. The minimum absolute atomic E-state index is 0.121. The molecule has 24 heavy (non-hydrogen) atoms. The number of fused-ring (bicyclic) bond motifs is 1. The Morgan fingerprint density at radius 3 is 2.46 bits per heavy atom. The Morgan fingerprint density at radius 1 is 1.00 bits per heavy atom. The predicted molar refractivity (Wildman–Crippen MR) is 96.9 cm³/mol. The molecule has 1 amide bonds. The molecule has 0 spiro atoms. The number of carbonyl (C=O) groups excluding carboxylic acids is 1. The summed E-state index contributed by atoms with van der Waals surface area (Å²) < 4.78 is 0. The van der Waals surface area contributed by atoms with Gasteiger partial charge >= 0.3 is 0 Å². The molecule has 4 nitrogen and oxygen atoms in total. The van der Waals surface area contributed by atoms with Gasteiger partial charge < -0.3 is 10.2 Å². The van der Waals surface area contributed by atoms with Crippen LogP contribution in [-0.4, -0.2) is 36.4 Å². The molecule has 0 aliphatic carbocycles. The predicted octanol–water partition coefficient (Wildman–Crippen LogP) is 3.27. The van der Waals surface area contributed by atoms with E-state index < -0.39 is 0 Å². The lowest BCUT2D eigenvalue weighted by atomic mass is 10.1. The Hall–Kier alpha value is -2.72. The smallest absolute Gasteiger partial charge is 0.269 e. The summed E-state index contributed by atoms with van der Waals surface area (Å²) in [6.45, 7) is 0.532. The third-order valence-corrected chi connectivity index (χ3v) is 4.09. The van der Waals surface area contributed by atoms with Crippen molar-refractivity contribution in [3.63, 3.8) is 0 Å². The van der Waals surface area contributed by atoms with Crippen molar-refractivity contribution in [2.75, 3.05) is 20.6 Å². The lowest BCUT2D eigenvalue weighted by molar-refractivity contribution is 0.0937. The molecule has 3 rings (SSSR count). The van der Waals surface area contributed by atoms with Gasteiger partial charge in [0.2, 0.25) is 0 Å². The summed E-state index contributed by atoms with van der Waals surface area (Å²) in [6, 6.07) is 21.8. The summed E-state index contributed by atoms with van der Waals surface area (Å²) in [6.07, 6.45) is 0. The number of rotatable bonds is 5. The highest BCUT2D eigenvalue weighted by atomic mass is 16.1. The monoisotopic (exact) mass is 319 g/mol. The lowest BCUT2D eigenvalue weighted by Gasteiger charge is -2.25. The van der Waals surface area contributed by atoms with E-state index in [1.54, 1.807) is 6.07 Å². The third kappa shape index (κ3) is 3.60. The Morgan fingerprint density at radius 2 is 1.71 bits per heavy atom. The average molecular weight is 319 g/mol. The maximum Gasteiger partial charge on any atom is 0.269 e. The molecular formula is C20H21N3O. The van der Waals surface area contributed by atoms with Crippen LogP contribution in [0.2, 0.25) is 0 Å². The molecule has 1 aromatic heterocycles. The van der Waals surface area contributed by atoms with Crippen LogP contribution in [0.15, 0.2) is 66.7 Å². The van der Waals surface area contributed by atoms with Gasteiger partial charge in [0.1, 0.15) is 5.69 Å². The molecule has 0 aliphatic heterocycles. The molecule has 0 radical (unpaired) electrons. The second kappa shape index (κ2) is 7.23. The number of benzene rings is 2. The van der Waals surface area contributed by atoms with E-state index in [2.05, 4.69) is 27.3 Å². The minimum atomic E-state index is -0.150. The van der Waals surface area contributed by atoms with E-state index in [1.165, 1.54) is 5.56 Å². The zero-order valence-corrected chi connectivity index (χ0v) is 13.9. The van der Waals surface area contributed by atoms with E-state index in [0.29, 0.717) is 12.2 Å². The van der Waals surface area contributed by atoms with Gasteiger partial charge in [0.05, 0.1) is 11.6 Å². The first-order valence-corrected chi connectivity index (χ1v) is 8.00. The quantitative estimate of drug-likeness (QED) is 0.785. The number of pyridine rings is 1. The number of nitrogens with zero attached hydrogens (tertiary/aromatic N) is 2. The first kappa shape index (κ1) is 16.1. The second-order valence-electron chi connectivity index (χ2n) is 5.99. The lowest BCUT2D eigenvalue weighted by Crippen LogP contribution is -2.34. The van der Waals surface area contributed by atoms with Gasteiger partial charge in [-0.2, -0.15) is 0 Å². The van der Waals surface area contributed by atoms with E-state index >= 15 is 0 Å². The number of hydrogen-bond donors (Lipinski definition) is 1. The van der Waals surface area contributed by atoms with E-state index in [9.17, 15) is 4.79 Å². The van der Waals surface area contributed by atoms with Crippen molar-refractivity contribution in [3.05, 3.63) is 78.0 Å². The van der Waals surface area contributed by atoms with Crippen LogP contribution >= 0.6 is 0 Å². The van der Waals surface area contributed by atoms with Gasteiger partial charge in [-0.15, -0.1) is 0 Å². The number of hydrogen-bond acceptors (Lipinski definition) is 3. The Bertz CT molecular complexity index is 830. The van der Waals surface area contributed by atoms with Crippen LogP contribution < -0.4 is 5.32 Å². The normalized spacial score (nSPS) is 12.3. The molecule has 0 bridgehead atoms. The number of para-hydroxylation sites is 1. The number of nitrogens with one attached hydrogen (secondary N) is 1. The number of amides is 1. The number of aromatic nitrogens is 1. The Labute approximate surface area is 142 Å². The standard InChI is InChI=1S/C20H21N3O/c1-23(2)19(16-9-4-3-5-10-16)14-21-20(24)18-13-12-15-8-6-7-11-17(15)22-18/h3-13,19H,14H2,1-2H3,(H,21,24)/t19-/m0/s1. The van der Waals surface area contributed by atoms with Crippen molar-refractivity contribution in [2.45, 2.75) is 6.04 Å². The molecule has 0 aliphatic rings. The van der Waals surface area contributed by atoms with Gasteiger partial charge in [0, 0.05) is 11.9 Å². The molecule has 0 saturated carbocycles. The first-order chi connectivity index (χ1) is 11.6. The fraction of sp³-hybridized carbons (Fsp3) is 0.200. The third-order valence-electron chi connectivity index (χ3n) is 4.09. The maximum absolute atomic E-state index is 12.5. The van der Waals surface area contributed by atoms with Crippen LogP contribution in [0.5, 0.6) is 0 Å². The summed E-state index contributed by atoms with van der Waals surface area (Å²) in [5, 5.41) is 4.03. The van der Waals surface area contributed by atoms with Gasteiger partial charge in [0.15, 0.2) is 0 Å². The molecule has 122 valence electrons. The molecular weight excluding hydrogens is 298 g/mol. The largest absolute Gasteiger partial charge is 0.349 e. The molecule has 1 N–H and O–H groups in total. The first-order valence-electron chi connectivity index (χ1n) is 8.00. The molecule has 0 saturated heterocycles. The fourth-order valence-electron chi connectivity index (χ4n) is 2.75. The van der Waals surface area contributed by atoms with Crippen LogP contribution in [0.1, 0.15) is 22.1 Å². The van der Waals surface area contributed by atoms with Crippen molar-refractivity contribution >= 4 is 16.8 Å². The molecule has 3 aromatic rings. The highest BCUT2D eigenvalue weighted by molar-refractivity contribution is 5.94. The molecule has 0 fully saturated rings. The summed E-state index contributed by atoms with van der Waals surface area (Å²) in [4.78, 5) is 19.0. The van der Waals surface area contributed by atoms with Crippen LogP contribution in [0.4, 0.5) is 0 Å². The molecule has 1 atom stereocenters.